The average molecular weight is 443 g/mol. The van der Waals surface area contributed by atoms with E-state index < -0.39 is 0 Å². The van der Waals surface area contributed by atoms with E-state index in [4.69, 9.17) is 0 Å². The molecule has 1 aliphatic carbocycles. The van der Waals surface area contributed by atoms with E-state index in [1.807, 2.05) is 18.3 Å². The van der Waals surface area contributed by atoms with Crippen LogP contribution in [0.3, 0.4) is 0 Å². The Morgan fingerprint density at radius 1 is 1.06 bits per heavy atom. The van der Waals surface area contributed by atoms with Crippen molar-refractivity contribution < 1.29 is 4.39 Å². The van der Waals surface area contributed by atoms with Crippen LogP contribution in [0.2, 0.25) is 0 Å². The molecule has 0 bridgehead atoms. The van der Waals surface area contributed by atoms with E-state index in [9.17, 15) is 4.39 Å². The van der Waals surface area contributed by atoms with Crippen molar-refractivity contribution in [2.45, 2.75) is 51.6 Å². The molecule has 3 aromatic rings. The summed E-state index contributed by atoms with van der Waals surface area (Å²) >= 11 is 0. The lowest BCUT2D eigenvalue weighted by Crippen LogP contribution is -2.46. The quantitative estimate of drug-likeness (QED) is 0.424. The maximum Gasteiger partial charge on any atom is 0.123 e. The molecule has 2 aliphatic rings. The number of rotatable bonds is 6. The molecular weight excluding hydrogens is 411 g/mol. The summed E-state index contributed by atoms with van der Waals surface area (Å²) in [6.45, 7) is 13.7. The number of nitrogens with zero attached hydrogens (tertiary/aromatic N) is 4. The fourth-order valence-electron chi connectivity index (χ4n) is 4.96. The monoisotopic (exact) mass is 442 g/mol. The van der Waals surface area contributed by atoms with Crippen molar-refractivity contribution in [3.05, 3.63) is 90.8 Å². The number of halogens is 1. The zero-order valence-electron chi connectivity index (χ0n) is 19.5. The van der Waals surface area contributed by atoms with Gasteiger partial charge in [0.15, 0.2) is 0 Å². The van der Waals surface area contributed by atoms with Gasteiger partial charge in [0.25, 0.3) is 0 Å². The highest BCUT2D eigenvalue weighted by Gasteiger charge is 2.30. The predicted octanol–water partition coefficient (Wildman–Crippen LogP) is 6.72. The van der Waals surface area contributed by atoms with E-state index in [0.29, 0.717) is 12.5 Å². The largest absolute Gasteiger partial charge is 0.342 e. The summed E-state index contributed by atoms with van der Waals surface area (Å²) in [6, 6.07) is 14.1. The second-order valence-electron chi connectivity index (χ2n) is 9.43. The van der Waals surface area contributed by atoms with Crippen LogP contribution in [0.25, 0.3) is 11.1 Å². The van der Waals surface area contributed by atoms with Crippen molar-refractivity contribution in [1.82, 2.24) is 9.78 Å². The van der Waals surface area contributed by atoms with Crippen LogP contribution in [0.4, 0.5) is 15.8 Å². The highest BCUT2D eigenvalue weighted by Crippen LogP contribution is 2.42. The second-order valence-corrected chi connectivity index (χ2v) is 9.43. The molecule has 0 spiro atoms. The van der Waals surface area contributed by atoms with Gasteiger partial charge in [-0.1, -0.05) is 31.4 Å². The molecule has 0 saturated heterocycles. The van der Waals surface area contributed by atoms with Crippen LogP contribution >= 0.6 is 0 Å². The first-order valence-corrected chi connectivity index (χ1v) is 11.7. The van der Waals surface area contributed by atoms with Crippen LogP contribution in [0.1, 0.15) is 44.7 Å². The predicted molar refractivity (Wildman–Crippen MR) is 134 cm³/mol. The minimum Gasteiger partial charge on any atom is -0.342 e. The molecule has 1 aromatic heterocycles. The zero-order valence-corrected chi connectivity index (χ0v) is 19.5. The van der Waals surface area contributed by atoms with E-state index >= 15 is 0 Å². The number of allylic oxidation sites excluding steroid dienone is 2. The minimum absolute atomic E-state index is 0.217. The fourth-order valence-corrected chi connectivity index (χ4v) is 4.96. The molecule has 5 rings (SSSR count). The maximum atomic E-state index is 13.4. The number of hydrogen-bond acceptors (Lipinski definition) is 3. The van der Waals surface area contributed by atoms with Crippen LogP contribution < -0.4 is 9.80 Å². The molecule has 0 amide bonds. The Hall–Kier alpha value is -3.34. The van der Waals surface area contributed by atoms with E-state index in [-0.39, 0.29) is 11.9 Å². The molecule has 33 heavy (non-hydrogen) atoms. The normalized spacial score (nSPS) is 18.1. The first-order chi connectivity index (χ1) is 15.9. The number of anilines is 2. The Morgan fingerprint density at radius 2 is 1.82 bits per heavy atom. The van der Waals surface area contributed by atoms with Crippen molar-refractivity contribution in [3.63, 3.8) is 0 Å². The van der Waals surface area contributed by atoms with Gasteiger partial charge in [0, 0.05) is 42.2 Å². The number of fused-ring (bicyclic) bond motifs is 1. The molecule has 1 aliphatic heterocycles. The summed E-state index contributed by atoms with van der Waals surface area (Å²) in [5.41, 5.74) is 7.62. The number of aromatic nitrogens is 2. The summed E-state index contributed by atoms with van der Waals surface area (Å²) in [7, 11) is 0. The van der Waals surface area contributed by atoms with Gasteiger partial charge >= 0.3 is 0 Å². The molecular formula is C28H31FN4. The summed E-state index contributed by atoms with van der Waals surface area (Å²) < 4.78 is 15.5. The van der Waals surface area contributed by atoms with E-state index in [1.54, 1.807) is 0 Å². The van der Waals surface area contributed by atoms with Crippen LogP contribution in [0.5, 0.6) is 0 Å². The molecule has 1 atom stereocenters. The molecule has 2 aromatic carbocycles. The fraction of sp³-hybridized carbons (Fsp3) is 0.321. The van der Waals surface area contributed by atoms with Crippen molar-refractivity contribution in [2.24, 2.45) is 0 Å². The van der Waals surface area contributed by atoms with Gasteiger partial charge in [-0.25, -0.2) is 4.39 Å². The van der Waals surface area contributed by atoms with Crippen LogP contribution in [0.15, 0.2) is 79.4 Å². The Kier molecular flexibility index (Phi) is 5.57. The average Bonchev–Trinajstić information content (AvgIpc) is 3.22. The highest BCUT2D eigenvalue weighted by atomic mass is 19.1. The Balaban J connectivity index is 1.50. The minimum atomic E-state index is -0.217. The molecule has 4 nitrogen and oxygen atoms in total. The van der Waals surface area contributed by atoms with Gasteiger partial charge in [-0.3, -0.25) is 4.68 Å². The van der Waals surface area contributed by atoms with E-state index in [0.717, 1.165) is 46.0 Å². The van der Waals surface area contributed by atoms with Crippen molar-refractivity contribution in [2.75, 3.05) is 16.3 Å². The Labute approximate surface area is 195 Å². The third-order valence-electron chi connectivity index (χ3n) is 6.91. The Bertz CT molecular complexity index is 1190. The molecule has 2 heterocycles. The van der Waals surface area contributed by atoms with E-state index in [2.05, 4.69) is 71.0 Å². The van der Waals surface area contributed by atoms with Gasteiger partial charge in [-0.15, -0.1) is 0 Å². The van der Waals surface area contributed by atoms with E-state index in [1.165, 1.54) is 31.4 Å². The van der Waals surface area contributed by atoms with Gasteiger partial charge in [0.05, 0.1) is 23.6 Å². The molecule has 1 saturated carbocycles. The highest BCUT2D eigenvalue weighted by molar-refractivity contribution is 5.83. The van der Waals surface area contributed by atoms with Gasteiger partial charge in [-0.05, 0) is 68.5 Å². The van der Waals surface area contributed by atoms with Crippen molar-refractivity contribution in [1.29, 1.82) is 0 Å². The van der Waals surface area contributed by atoms with Crippen LogP contribution in [-0.4, -0.2) is 22.4 Å². The lowest BCUT2D eigenvalue weighted by Gasteiger charge is -2.44. The van der Waals surface area contributed by atoms with Crippen molar-refractivity contribution in [3.8, 4) is 11.1 Å². The molecule has 1 fully saturated rings. The number of benzene rings is 2. The lowest BCUT2D eigenvalue weighted by atomic mass is 9.93. The zero-order chi connectivity index (χ0) is 23.1. The maximum absolute atomic E-state index is 13.4. The van der Waals surface area contributed by atoms with Gasteiger partial charge < -0.3 is 9.80 Å². The number of hydrogen-bond donors (Lipinski definition) is 0. The standard InChI is InChI=1S/C28H31FN4/c1-19(2)33-21(4)17-31(20(3)14-22-8-11-25(29)12-9-22)28-15-23(10-13-27(28)33)24-16-30-32(18-24)26-6-5-7-26/h8-13,15-16,18,21,26H,1,3,5-7,14,17H2,2,4H3. The SMILES string of the molecule is C=C(Cc1ccc(F)cc1)N1CC(C)N(C(=C)C)c2ccc(-c3cnn(C4CCC4)c3)cc21. The molecule has 1 unspecified atom stereocenters. The third-order valence-corrected chi connectivity index (χ3v) is 6.91. The lowest BCUT2D eigenvalue weighted by molar-refractivity contribution is 0.289. The van der Waals surface area contributed by atoms with Gasteiger partial charge in [0.1, 0.15) is 5.82 Å². The van der Waals surface area contributed by atoms with Crippen LogP contribution in [0, 0.1) is 5.82 Å². The third kappa shape index (κ3) is 4.08. The first kappa shape index (κ1) is 21.5. The summed E-state index contributed by atoms with van der Waals surface area (Å²) in [4.78, 5) is 4.61. The molecule has 170 valence electrons. The smallest absolute Gasteiger partial charge is 0.123 e. The molecule has 5 heteroatoms. The topological polar surface area (TPSA) is 24.3 Å². The molecule has 0 N–H and O–H groups in total. The van der Waals surface area contributed by atoms with Gasteiger partial charge in [-0.2, -0.15) is 5.10 Å². The molecule has 0 radical (unpaired) electrons. The van der Waals surface area contributed by atoms with Gasteiger partial charge in [0.2, 0.25) is 0 Å². The Morgan fingerprint density at radius 3 is 2.48 bits per heavy atom. The second kappa shape index (κ2) is 8.54. The summed E-state index contributed by atoms with van der Waals surface area (Å²) in [5, 5.41) is 4.63. The summed E-state index contributed by atoms with van der Waals surface area (Å²) in [5.74, 6) is -0.217. The van der Waals surface area contributed by atoms with Crippen LogP contribution in [-0.2, 0) is 6.42 Å². The summed E-state index contributed by atoms with van der Waals surface area (Å²) in [6.07, 6.45) is 8.54. The first-order valence-electron chi connectivity index (χ1n) is 11.7. The van der Waals surface area contributed by atoms with Crippen molar-refractivity contribution >= 4 is 11.4 Å².